The minimum Gasteiger partial charge on any atom is -0.457 e. The molecule has 80 valence electrons. The lowest BCUT2D eigenvalue weighted by Crippen LogP contribution is -1.83. The molecule has 1 heteroatoms. The molecule has 0 fully saturated rings. The molecular formula is C15H14O. The quantitative estimate of drug-likeness (QED) is 0.724. The normalized spacial score (nSPS) is 10.6. The Bertz CT molecular complexity index is 455. The molecule has 2 aromatic carbocycles. The maximum absolute atomic E-state index is 5.69. The molecule has 0 amide bonds. The molecule has 0 heterocycles. The first-order chi connectivity index (χ1) is 7.88. The van der Waals surface area contributed by atoms with Crippen molar-refractivity contribution in [3.63, 3.8) is 0 Å². The summed E-state index contributed by atoms with van der Waals surface area (Å²) in [5, 5.41) is 0. The van der Waals surface area contributed by atoms with Gasteiger partial charge in [0.2, 0.25) is 0 Å². The summed E-state index contributed by atoms with van der Waals surface area (Å²) in [7, 11) is 0. The van der Waals surface area contributed by atoms with Gasteiger partial charge in [-0.3, -0.25) is 0 Å². The average Bonchev–Trinajstić information content (AvgIpc) is 2.33. The number of hydrogen-bond acceptors (Lipinski definition) is 1. The SMILES string of the molecule is CC=Cc1ccc(Oc2ccccc2)cc1. The van der Waals surface area contributed by atoms with Crippen LogP contribution in [0.1, 0.15) is 12.5 Å². The van der Waals surface area contributed by atoms with Crippen molar-refractivity contribution < 1.29 is 4.74 Å². The summed E-state index contributed by atoms with van der Waals surface area (Å²) < 4.78 is 5.69. The van der Waals surface area contributed by atoms with Crippen LogP contribution in [0.5, 0.6) is 11.5 Å². The highest BCUT2D eigenvalue weighted by Gasteiger charge is 1.95. The van der Waals surface area contributed by atoms with Crippen molar-refractivity contribution in [1.82, 2.24) is 0 Å². The van der Waals surface area contributed by atoms with Crippen LogP contribution in [0.3, 0.4) is 0 Å². The summed E-state index contributed by atoms with van der Waals surface area (Å²) >= 11 is 0. The number of ether oxygens (including phenoxy) is 1. The van der Waals surface area contributed by atoms with Crippen LogP contribution in [0.2, 0.25) is 0 Å². The molecule has 0 spiro atoms. The second kappa shape index (κ2) is 5.17. The highest BCUT2D eigenvalue weighted by atomic mass is 16.5. The van der Waals surface area contributed by atoms with E-state index in [0.717, 1.165) is 11.5 Å². The first kappa shape index (κ1) is 10.5. The van der Waals surface area contributed by atoms with Gasteiger partial charge in [-0.2, -0.15) is 0 Å². The van der Waals surface area contributed by atoms with E-state index in [1.165, 1.54) is 5.56 Å². The molecule has 2 rings (SSSR count). The Morgan fingerprint density at radius 3 is 2.06 bits per heavy atom. The van der Waals surface area contributed by atoms with Gasteiger partial charge < -0.3 is 4.74 Å². The Morgan fingerprint density at radius 1 is 0.812 bits per heavy atom. The van der Waals surface area contributed by atoms with Gasteiger partial charge in [-0.1, -0.05) is 42.5 Å². The fourth-order valence-corrected chi connectivity index (χ4v) is 1.46. The van der Waals surface area contributed by atoms with Crippen molar-refractivity contribution in [1.29, 1.82) is 0 Å². The molecule has 0 aliphatic rings. The lowest BCUT2D eigenvalue weighted by molar-refractivity contribution is 0.482. The van der Waals surface area contributed by atoms with E-state index in [-0.39, 0.29) is 0 Å². The van der Waals surface area contributed by atoms with Crippen LogP contribution >= 0.6 is 0 Å². The van der Waals surface area contributed by atoms with E-state index in [0.29, 0.717) is 0 Å². The molecule has 0 unspecified atom stereocenters. The van der Waals surface area contributed by atoms with Crippen molar-refractivity contribution in [3.8, 4) is 11.5 Å². The van der Waals surface area contributed by atoms with Gasteiger partial charge in [-0.05, 0) is 36.8 Å². The molecule has 16 heavy (non-hydrogen) atoms. The molecule has 0 N–H and O–H groups in total. The van der Waals surface area contributed by atoms with Crippen LogP contribution in [0.4, 0.5) is 0 Å². The van der Waals surface area contributed by atoms with Crippen LogP contribution < -0.4 is 4.74 Å². The summed E-state index contributed by atoms with van der Waals surface area (Å²) in [5.41, 5.74) is 1.18. The highest BCUT2D eigenvalue weighted by Crippen LogP contribution is 2.21. The van der Waals surface area contributed by atoms with Crippen LogP contribution in [0.15, 0.2) is 60.7 Å². The van der Waals surface area contributed by atoms with Gasteiger partial charge in [0.25, 0.3) is 0 Å². The van der Waals surface area contributed by atoms with Crippen LogP contribution in [-0.4, -0.2) is 0 Å². The molecule has 2 aromatic rings. The largest absolute Gasteiger partial charge is 0.457 e. The lowest BCUT2D eigenvalue weighted by Gasteiger charge is -2.05. The Balaban J connectivity index is 2.11. The Hall–Kier alpha value is -2.02. The second-order valence-corrected chi connectivity index (χ2v) is 3.48. The van der Waals surface area contributed by atoms with Crippen LogP contribution in [0.25, 0.3) is 6.08 Å². The molecule has 0 atom stereocenters. The Morgan fingerprint density at radius 2 is 1.44 bits per heavy atom. The van der Waals surface area contributed by atoms with E-state index < -0.39 is 0 Å². The van der Waals surface area contributed by atoms with Gasteiger partial charge in [-0.25, -0.2) is 0 Å². The summed E-state index contributed by atoms with van der Waals surface area (Å²) in [6.45, 7) is 2.01. The smallest absolute Gasteiger partial charge is 0.127 e. The van der Waals surface area contributed by atoms with Gasteiger partial charge in [0.05, 0.1) is 0 Å². The lowest BCUT2D eigenvalue weighted by atomic mass is 10.2. The van der Waals surface area contributed by atoms with Gasteiger partial charge in [-0.15, -0.1) is 0 Å². The van der Waals surface area contributed by atoms with E-state index in [1.54, 1.807) is 0 Å². The van der Waals surface area contributed by atoms with E-state index in [9.17, 15) is 0 Å². The van der Waals surface area contributed by atoms with Crippen molar-refractivity contribution in [2.45, 2.75) is 6.92 Å². The average molecular weight is 210 g/mol. The molecule has 0 radical (unpaired) electrons. The number of para-hydroxylation sites is 1. The first-order valence-electron chi connectivity index (χ1n) is 5.34. The van der Waals surface area contributed by atoms with E-state index in [1.807, 2.05) is 67.6 Å². The Labute approximate surface area is 96.0 Å². The molecule has 0 bridgehead atoms. The van der Waals surface area contributed by atoms with Gasteiger partial charge in [0.1, 0.15) is 11.5 Å². The van der Waals surface area contributed by atoms with Gasteiger partial charge >= 0.3 is 0 Å². The number of allylic oxidation sites excluding steroid dienone is 1. The summed E-state index contributed by atoms with van der Waals surface area (Å²) in [4.78, 5) is 0. The third kappa shape index (κ3) is 2.74. The maximum Gasteiger partial charge on any atom is 0.127 e. The molecule has 0 aromatic heterocycles. The highest BCUT2D eigenvalue weighted by molar-refractivity contribution is 5.50. The van der Waals surface area contributed by atoms with Crippen LogP contribution in [0, 0.1) is 0 Å². The number of benzene rings is 2. The summed E-state index contributed by atoms with van der Waals surface area (Å²) in [6, 6.07) is 17.8. The third-order valence-electron chi connectivity index (χ3n) is 2.22. The molecule has 0 saturated carbocycles. The van der Waals surface area contributed by atoms with Crippen molar-refractivity contribution >= 4 is 6.08 Å². The second-order valence-electron chi connectivity index (χ2n) is 3.48. The Kier molecular flexibility index (Phi) is 3.39. The zero-order valence-corrected chi connectivity index (χ0v) is 9.26. The van der Waals surface area contributed by atoms with Gasteiger partial charge in [0, 0.05) is 0 Å². The van der Waals surface area contributed by atoms with Crippen LogP contribution in [-0.2, 0) is 0 Å². The first-order valence-corrected chi connectivity index (χ1v) is 5.34. The predicted octanol–water partition coefficient (Wildman–Crippen LogP) is 4.51. The molecule has 0 saturated heterocycles. The fraction of sp³-hybridized carbons (Fsp3) is 0.0667. The van der Waals surface area contributed by atoms with Gasteiger partial charge in [0.15, 0.2) is 0 Å². The zero-order chi connectivity index (χ0) is 11.2. The monoisotopic (exact) mass is 210 g/mol. The van der Waals surface area contributed by atoms with Crippen molar-refractivity contribution in [2.24, 2.45) is 0 Å². The molecule has 0 aliphatic carbocycles. The minimum atomic E-state index is 0.861. The predicted molar refractivity (Wildman–Crippen MR) is 67.7 cm³/mol. The maximum atomic E-state index is 5.69. The topological polar surface area (TPSA) is 9.23 Å². The van der Waals surface area contributed by atoms with Crippen molar-refractivity contribution in [2.75, 3.05) is 0 Å². The fourth-order valence-electron chi connectivity index (χ4n) is 1.46. The molecule has 1 nitrogen and oxygen atoms in total. The zero-order valence-electron chi connectivity index (χ0n) is 9.26. The van der Waals surface area contributed by atoms with Crippen molar-refractivity contribution in [3.05, 3.63) is 66.2 Å². The molecule has 0 aliphatic heterocycles. The van der Waals surface area contributed by atoms with E-state index in [2.05, 4.69) is 6.08 Å². The van der Waals surface area contributed by atoms with E-state index in [4.69, 9.17) is 4.74 Å². The number of hydrogen-bond donors (Lipinski definition) is 0. The third-order valence-corrected chi connectivity index (χ3v) is 2.22. The van der Waals surface area contributed by atoms with E-state index >= 15 is 0 Å². The minimum absolute atomic E-state index is 0.861. The molecular weight excluding hydrogens is 196 g/mol. The summed E-state index contributed by atoms with van der Waals surface area (Å²) in [6.07, 6.45) is 4.08. The summed E-state index contributed by atoms with van der Waals surface area (Å²) in [5.74, 6) is 1.72. The number of rotatable bonds is 3. The standard InChI is InChI=1S/C15H14O/c1-2-6-13-9-11-15(12-10-13)16-14-7-4-3-5-8-14/h2-12H,1H3.